The summed E-state index contributed by atoms with van der Waals surface area (Å²) in [5, 5.41) is 6.44. The lowest BCUT2D eigenvalue weighted by Crippen LogP contribution is -2.39. The van der Waals surface area contributed by atoms with Crippen LogP contribution in [0.5, 0.6) is 0 Å². The number of hydrogen-bond acceptors (Lipinski definition) is 3. The average molecular weight is 555 g/mol. The second-order valence-corrected chi connectivity index (χ2v) is 7.80. The number of nitrogens with one attached hydrogen (secondary N) is 2. The highest BCUT2D eigenvalue weighted by atomic mass is 127. The lowest BCUT2D eigenvalue weighted by Gasteiger charge is -2.17. The van der Waals surface area contributed by atoms with Gasteiger partial charge < -0.3 is 15.5 Å². The monoisotopic (exact) mass is 555 g/mol. The molecule has 1 aromatic carbocycles. The molecular weight excluding hydrogens is 522 g/mol. The van der Waals surface area contributed by atoms with Crippen LogP contribution in [-0.4, -0.2) is 81.2 Å². The molecule has 176 valence electrons. The number of carbonyl (C=O) groups is 1. The second-order valence-electron chi connectivity index (χ2n) is 7.80. The standard InChI is InChI=1S/C21H32F3N5O.HI/c1-4-25-20(27-13-17-9-11-29(14-17)15-21(22,23)24)26-10-8-16-6-5-7-18(12-16)19(30)28(2)3;/h5-7,12,17H,4,8-11,13-15H2,1-3H3,(H2,25,26,27);1H. The zero-order chi connectivity index (χ0) is 22.1. The number of benzene rings is 1. The van der Waals surface area contributed by atoms with Crippen LogP contribution in [0.3, 0.4) is 0 Å². The van der Waals surface area contributed by atoms with Gasteiger partial charge in [0.05, 0.1) is 6.54 Å². The van der Waals surface area contributed by atoms with E-state index in [1.54, 1.807) is 25.1 Å². The Labute approximate surface area is 199 Å². The molecule has 2 N–H and O–H groups in total. The van der Waals surface area contributed by atoms with E-state index in [1.165, 1.54) is 4.90 Å². The van der Waals surface area contributed by atoms with Crippen LogP contribution in [-0.2, 0) is 6.42 Å². The Balaban J connectivity index is 0.00000480. The van der Waals surface area contributed by atoms with Crippen LogP contribution in [0.4, 0.5) is 13.2 Å². The van der Waals surface area contributed by atoms with Crippen LogP contribution in [0.1, 0.15) is 29.3 Å². The summed E-state index contributed by atoms with van der Waals surface area (Å²) in [6.07, 6.45) is -2.70. The van der Waals surface area contributed by atoms with E-state index in [2.05, 4.69) is 15.6 Å². The van der Waals surface area contributed by atoms with Crippen molar-refractivity contribution in [1.82, 2.24) is 20.4 Å². The number of likely N-dealkylation sites (tertiary alicyclic amines) is 1. The summed E-state index contributed by atoms with van der Waals surface area (Å²) in [4.78, 5) is 19.6. The Morgan fingerprint density at radius 1 is 1.29 bits per heavy atom. The highest BCUT2D eigenvalue weighted by Crippen LogP contribution is 2.22. The van der Waals surface area contributed by atoms with Gasteiger partial charge in [0.25, 0.3) is 5.91 Å². The normalized spacial score (nSPS) is 17.2. The fourth-order valence-electron chi connectivity index (χ4n) is 3.46. The van der Waals surface area contributed by atoms with E-state index in [-0.39, 0.29) is 35.8 Å². The number of nitrogens with zero attached hydrogens (tertiary/aromatic N) is 3. The molecule has 1 aromatic rings. The molecule has 1 saturated heterocycles. The third-order valence-corrected chi connectivity index (χ3v) is 4.91. The van der Waals surface area contributed by atoms with Gasteiger partial charge in [-0.2, -0.15) is 13.2 Å². The molecule has 10 heteroatoms. The number of aliphatic imine (C=N–C) groups is 1. The molecule has 0 bridgehead atoms. The van der Waals surface area contributed by atoms with E-state index in [9.17, 15) is 18.0 Å². The third kappa shape index (κ3) is 10.1. The molecule has 0 radical (unpaired) electrons. The van der Waals surface area contributed by atoms with Crippen LogP contribution in [0.25, 0.3) is 0 Å². The molecule has 1 aliphatic rings. The van der Waals surface area contributed by atoms with Gasteiger partial charge in [0.2, 0.25) is 0 Å². The van der Waals surface area contributed by atoms with Crippen molar-refractivity contribution < 1.29 is 18.0 Å². The minimum atomic E-state index is -4.15. The SMILES string of the molecule is CCNC(=NCC1CCN(CC(F)(F)F)C1)NCCc1cccc(C(=O)N(C)C)c1.I. The van der Waals surface area contributed by atoms with E-state index >= 15 is 0 Å². The molecule has 31 heavy (non-hydrogen) atoms. The molecule has 0 saturated carbocycles. The topological polar surface area (TPSA) is 60.0 Å². The van der Waals surface area contributed by atoms with E-state index in [1.807, 2.05) is 25.1 Å². The zero-order valence-electron chi connectivity index (χ0n) is 18.3. The van der Waals surface area contributed by atoms with Crippen molar-refractivity contribution in [2.75, 3.05) is 53.4 Å². The quantitative estimate of drug-likeness (QED) is 0.294. The predicted octanol–water partition coefficient (Wildman–Crippen LogP) is 2.99. The van der Waals surface area contributed by atoms with Gasteiger partial charge in [-0.05, 0) is 49.9 Å². The highest BCUT2D eigenvalue weighted by molar-refractivity contribution is 14.0. The number of guanidine groups is 1. The molecule has 1 unspecified atom stereocenters. The summed E-state index contributed by atoms with van der Waals surface area (Å²) >= 11 is 0. The van der Waals surface area contributed by atoms with Crippen molar-refractivity contribution in [2.24, 2.45) is 10.9 Å². The number of hydrogen-bond donors (Lipinski definition) is 2. The third-order valence-electron chi connectivity index (χ3n) is 4.91. The predicted molar refractivity (Wildman–Crippen MR) is 128 cm³/mol. The van der Waals surface area contributed by atoms with E-state index in [4.69, 9.17) is 0 Å². The average Bonchev–Trinajstić information content (AvgIpc) is 3.11. The molecular formula is C21H33F3IN5O. The first kappa shape index (κ1) is 27.5. The summed E-state index contributed by atoms with van der Waals surface area (Å²) in [6.45, 7) is 3.84. The Morgan fingerprint density at radius 3 is 2.68 bits per heavy atom. The van der Waals surface area contributed by atoms with Gasteiger partial charge in [-0.25, -0.2) is 0 Å². The molecule has 1 atom stereocenters. The first-order valence-corrected chi connectivity index (χ1v) is 10.3. The minimum absolute atomic E-state index is 0. The molecule has 1 heterocycles. The molecule has 6 nitrogen and oxygen atoms in total. The van der Waals surface area contributed by atoms with Gasteiger partial charge in [-0.3, -0.25) is 14.7 Å². The van der Waals surface area contributed by atoms with Crippen LogP contribution in [0.15, 0.2) is 29.3 Å². The molecule has 2 rings (SSSR count). The maximum atomic E-state index is 12.5. The van der Waals surface area contributed by atoms with Crippen molar-refractivity contribution in [3.8, 4) is 0 Å². The Hall–Kier alpha value is -1.56. The van der Waals surface area contributed by atoms with Crippen LogP contribution < -0.4 is 10.6 Å². The van der Waals surface area contributed by atoms with Crippen molar-refractivity contribution in [1.29, 1.82) is 0 Å². The number of halogens is 4. The first-order chi connectivity index (χ1) is 14.2. The van der Waals surface area contributed by atoms with Gasteiger partial charge in [0, 0.05) is 45.8 Å². The zero-order valence-corrected chi connectivity index (χ0v) is 20.7. The summed E-state index contributed by atoms with van der Waals surface area (Å²) in [7, 11) is 3.45. The fraction of sp³-hybridized carbons (Fsp3) is 0.619. The number of carbonyl (C=O) groups excluding carboxylic acids is 1. The van der Waals surface area contributed by atoms with Gasteiger partial charge in [-0.15, -0.1) is 24.0 Å². The maximum absolute atomic E-state index is 12.5. The van der Waals surface area contributed by atoms with Gasteiger partial charge in [-0.1, -0.05) is 12.1 Å². The number of alkyl halides is 3. The summed E-state index contributed by atoms with van der Waals surface area (Å²) in [5.41, 5.74) is 1.70. The van der Waals surface area contributed by atoms with Crippen LogP contribution in [0, 0.1) is 5.92 Å². The molecule has 0 aliphatic carbocycles. The largest absolute Gasteiger partial charge is 0.401 e. The molecule has 1 amide bonds. The molecule has 0 spiro atoms. The van der Waals surface area contributed by atoms with Gasteiger partial charge in [0.1, 0.15) is 0 Å². The van der Waals surface area contributed by atoms with Crippen molar-refractivity contribution >= 4 is 35.8 Å². The van der Waals surface area contributed by atoms with Crippen molar-refractivity contribution in [2.45, 2.75) is 25.9 Å². The van der Waals surface area contributed by atoms with E-state index in [0.717, 1.165) is 18.4 Å². The van der Waals surface area contributed by atoms with E-state index in [0.29, 0.717) is 44.2 Å². The number of amides is 1. The van der Waals surface area contributed by atoms with Crippen molar-refractivity contribution in [3.63, 3.8) is 0 Å². The summed E-state index contributed by atoms with van der Waals surface area (Å²) < 4.78 is 37.6. The smallest absolute Gasteiger partial charge is 0.357 e. The first-order valence-electron chi connectivity index (χ1n) is 10.3. The lowest BCUT2D eigenvalue weighted by atomic mass is 10.1. The summed E-state index contributed by atoms with van der Waals surface area (Å²) in [6, 6.07) is 7.54. The Bertz CT molecular complexity index is 727. The van der Waals surface area contributed by atoms with Crippen LogP contribution >= 0.6 is 24.0 Å². The molecule has 1 fully saturated rings. The van der Waals surface area contributed by atoms with Crippen LogP contribution in [0.2, 0.25) is 0 Å². The lowest BCUT2D eigenvalue weighted by molar-refractivity contribution is -0.143. The minimum Gasteiger partial charge on any atom is -0.357 e. The maximum Gasteiger partial charge on any atom is 0.401 e. The Morgan fingerprint density at radius 2 is 2.03 bits per heavy atom. The van der Waals surface area contributed by atoms with Crippen molar-refractivity contribution in [3.05, 3.63) is 35.4 Å². The van der Waals surface area contributed by atoms with E-state index < -0.39 is 12.7 Å². The summed E-state index contributed by atoms with van der Waals surface area (Å²) in [5.74, 6) is 0.764. The fourth-order valence-corrected chi connectivity index (χ4v) is 3.46. The Kier molecular flexibility index (Phi) is 11.6. The number of rotatable bonds is 8. The molecule has 1 aliphatic heterocycles. The van der Waals surface area contributed by atoms with Gasteiger partial charge >= 0.3 is 6.18 Å². The highest BCUT2D eigenvalue weighted by Gasteiger charge is 2.34. The molecule has 0 aromatic heterocycles. The second kappa shape index (κ2) is 13.1. The van der Waals surface area contributed by atoms with Gasteiger partial charge in [0.15, 0.2) is 5.96 Å².